The van der Waals surface area contributed by atoms with Gasteiger partial charge in [-0.25, -0.2) is 9.78 Å². The van der Waals surface area contributed by atoms with Gasteiger partial charge in [-0.15, -0.1) is 11.8 Å². The van der Waals surface area contributed by atoms with Gasteiger partial charge in [-0.1, -0.05) is 36.0 Å². The average Bonchev–Trinajstić information content (AvgIpc) is 3.54. The second-order valence-electron chi connectivity index (χ2n) is 9.68. The number of aromatic hydroxyl groups is 1. The third kappa shape index (κ3) is 5.30. The highest BCUT2D eigenvalue weighted by atomic mass is 32.2. The van der Waals surface area contributed by atoms with E-state index in [1.807, 2.05) is 12.1 Å². The van der Waals surface area contributed by atoms with Gasteiger partial charge in [0.25, 0.3) is 11.1 Å². The first-order valence-corrected chi connectivity index (χ1v) is 14.8. The van der Waals surface area contributed by atoms with Crippen LogP contribution in [-0.4, -0.2) is 78.2 Å². The van der Waals surface area contributed by atoms with Gasteiger partial charge in [-0.2, -0.15) is 0 Å². The topological polar surface area (TPSA) is 153 Å². The largest absolute Gasteiger partial charge is 0.508 e. The molecule has 3 aliphatic heterocycles. The number of carboxylic acid groups (broad SMARTS) is 1. The lowest BCUT2D eigenvalue weighted by molar-refractivity contribution is -0.150. The van der Waals surface area contributed by atoms with E-state index in [1.165, 1.54) is 16.7 Å². The molecule has 3 aliphatic rings. The van der Waals surface area contributed by atoms with E-state index in [1.54, 1.807) is 47.4 Å². The number of nitrogens with zero attached hydrogens (tertiary/aromatic N) is 3. The Kier molecular flexibility index (Phi) is 7.22. The number of β-lactam (4-membered cyclic amide) rings is 1. The minimum Gasteiger partial charge on any atom is -0.508 e. The van der Waals surface area contributed by atoms with Gasteiger partial charge in [0.15, 0.2) is 5.58 Å². The van der Waals surface area contributed by atoms with Crippen molar-refractivity contribution < 1.29 is 33.8 Å². The van der Waals surface area contributed by atoms with E-state index in [2.05, 4.69) is 10.3 Å². The maximum atomic E-state index is 13.0. The number of hydrogen-bond donors (Lipinski definition) is 3. The molecule has 1 aromatic heterocycles. The van der Waals surface area contributed by atoms with Crippen molar-refractivity contribution >= 4 is 58.3 Å². The molecule has 3 amide bonds. The molecule has 2 atom stereocenters. The molecule has 13 heteroatoms. The number of allylic oxidation sites excluding steroid dienone is 1. The SMILES string of the molecule is O=C(CSc1nc2ccccc2o1)N[C@@H]1C(=O)N2C(C(=O)O)=C(/C=C3\CCN(Cc4ccc(O)cc4)C3=O)CS[C@H]12. The zero-order valence-corrected chi connectivity index (χ0v) is 23.1. The first-order valence-electron chi connectivity index (χ1n) is 12.7. The summed E-state index contributed by atoms with van der Waals surface area (Å²) >= 11 is 2.45. The van der Waals surface area contributed by atoms with Crippen LogP contribution in [0.2, 0.25) is 0 Å². The second-order valence-corrected chi connectivity index (χ2v) is 11.7. The number of hydrogen-bond acceptors (Lipinski definition) is 9. The molecular weight excluding hydrogens is 568 g/mol. The molecule has 2 aromatic carbocycles. The van der Waals surface area contributed by atoms with Crippen LogP contribution in [0.4, 0.5) is 0 Å². The lowest BCUT2D eigenvalue weighted by Gasteiger charge is -2.49. The summed E-state index contributed by atoms with van der Waals surface area (Å²) in [5, 5.41) is 21.9. The van der Waals surface area contributed by atoms with Crippen molar-refractivity contribution in [1.82, 2.24) is 20.1 Å². The van der Waals surface area contributed by atoms with Gasteiger partial charge in [0, 0.05) is 24.4 Å². The van der Waals surface area contributed by atoms with Crippen LogP contribution in [0.5, 0.6) is 5.75 Å². The van der Waals surface area contributed by atoms with E-state index < -0.39 is 29.2 Å². The van der Waals surface area contributed by atoms with Crippen molar-refractivity contribution in [2.24, 2.45) is 0 Å². The maximum Gasteiger partial charge on any atom is 0.352 e. The van der Waals surface area contributed by atoms with Gasteiger partial charge in [-0.3, -0.25) is 19.3 Å². The smallest absolute Gasteiger partial charge is 0.352 e. The van der Waals surface area contributed by atoms with Crippen LogP contribution >= 0.6 is 23.5 Å². The molecule has 0 spiro atoms. The van der Waals surface area contributed by atoms with Crippen LogP contribution in [0.25, 0.3) is 11.1 Å². The summed E-state index contributed by atoms with van der Waals surface area (Å²) in [5.41, 5.74) is 2.86. The van der Waals surface area contributed by atoms with E-state index >= 15 is 0 Å². The zero-order valence-electron chi connectivity index (χ0n) is 21.5. The van der Waals surface area contributed by atoms with Crippen molar-refractivity contribution in [1.29, 1.82) is 0 Å². The molecule has 0 aliphatic carbocycles. The predicted molar refractivity (Wildman–Crippen MR) is 151 cm³/mol. The summed E-state index contributed by atoms with van der Waals surface area (Å²) in [6.07, 6.45) is 2.04. The van der Waals surface area contributed by atoms with Crippen molar-refractivity contribution in [2.75, 3.05) is 18.1 Å². The number of aromatic nitrogens is 1. The molecule has 6 rings (SSSR count). The monoisotopic (exact) mass is 592 g/mol. The third-order valence-electron chi connectivity index (χ3n) is 6.99. The number of carbonyl (C=O) groups excluding carboxylic acids is 3. The van der Waals surface area contributed by atoms with Gasteiger partial charge < -0.3 is 24.8 Å². The Morgan fingerprint density at radius 1 is 1.17 bits per heavy atom. The highest BCUT2D eigenvalue weighted by molar-refractivity contribution is 8.00. The van der Waals surface area contributed by atoms with E-state index in [0.717, 1.165) is 17.3 Å². The minimum atomic E-state index is -1.27. The molecule has 0 radical (unpaired) electrons. The van der Waals surface area contributed by atoms with Crippen molar-refractivity contribution in [3.63, 3.8) is 0 Å². The number of fused-ring (bicyclic) bond motifs is 2. The number of likely N-dealkylation sites (tertiary alicyclic amines) is 1. The fraction of sp³-hybridized carbons (Fsp3) is 0.250. The first kappa shape index (κ1) is 27.0. The fourth-order valence-corrected chi connectivity index (χ4v) is 6.95. The van der Waals surface area contributed by atoms with Crippen LogP contribution in [0.3, 0.4) is 0 Å². The molecule has 0 bridgehead atoms. The fourth-order valence-electron chi connectivity index (χ4n) is 4.99. The molecule has 11 nitrogen and oxygen atoms in total. The average molecular weight is 593 g/mol. The lowest BCUT2D eigenvalue weighted by atomic mass is 10.0. The van der Waals surface area contributed by atoms with Crippen LogP contribution < -0.4 is 5.32 Å². The van der Waals surface area contributed by atoms with Crippen LogP contribution in [0, 0.1) is 0 Å². The molecule has 0 unspecified atom stereocenters. The molecule has 2 saturated heterocycles. The number of carbonyl (C=O) groups is 4. The predicted octanol–water partition coefficient (Wildman–Crippen LogP) is 2.72. The summed E-state index contributed by atoms with van der Waals surface area (Å²) in [4.78, 5) is 58.1. The third-order valence-corrected chi connectivity index (χ3v) is 9.12. The van der Waals surface area contributed by atoms with Crippen LogP contribution in [0.15, 0.2) is 81.1 Å². The number of nitrogens with one attached hydrogen (secondary N) is 1. The van der Waals surface area contributed by atoms with Gasteiger partial charge in [0.05, 0.1) is 5.75 Å². The number of thioether (sulfide) groups is 2. The Bertz CT molecular complexity index is 1600. The highest BCUT2D eigenvalue weighted by Crippen LogP contribution is 2.41. The minimum absolute atomic E-state index is 0.0181. The second kappa shape index (κ2) is 11.0. The summed E-state index contributed by atoms with van der Waals surface area (Å²) in [7, 11) is 0. The molecule has 2 fully saturated rings. The Balaban J connectivity index is 1.10. The van der Waals surface area contributed by atoms with Crippen LogP contribution in [-0.2, 0) is 25.7 Å². The van der Waals surface area contributed by atoms with Crippen molar-refractivity contribution in [3.8, 4) is 5.75 Å². The highest BCUT2D eigenvalue weighted by Gasteiger charge is 2.54. The summed E-state index contributed by atoms with van der Waals surface area (Å²) in [6.45, 7) is 0.851. The molecule has 210 valence electrons. The molecular formula is C28H24N4O7S2. The molecule has 4 heterocycles. The Morgan fingerprint density at radius 3 is 2.71 bits per heavy atom. The Morgan fingerprint density at radius 2 is 1.95 bits per heavy atom. The normalized spacial score (nSPS) is 21.4. The van der Waals surface area contributed by atoms with Crippen LogP contribution in [0.1, 0.15) is 12.0 Å². The van der Waals surface area contributed by atoms with E-state index in [0.29, 0.717) is 47.0 Å². The molecule has 3 aromatic rings. The lowest BCUT2D eigenvalue weighted by Crippen LogP contribution is -2.70. The standard InChI is InChI=1S/C28H24N4O7S2/c33-18-7-5-15(6-8-18)12-31-10-9-16(24(31)35)11-17-13-40-26-22(25(36)32(26)23(17)27(37)38)30-21(34)14-41-28-29-19-3-1-2-4-20(19)39-28/h1-8,11,22,26,33H,9-10,12-14H2,(H,30,34)(H,37,38)/b16-11+/t22-,26-/m1/s1. The van der Waals surface area contributed by atoms with E-state index in [4.69, 9.17) is 4.42 Å². The molecule has 3 N–H and O–H groups in total. The van der Waals surface area contributed by atoms with Crippen molar-refractivity contribution in [2.45, 2.75) is 29.6 Å². The van der Waals surface area contributed by atoms with E-state index in [9.17, 15) is 29.4 Å². The first-order chi connectivity index (χ1) is 19.8. The number of amides is 3. The van der Waals surface area contributed by atoms with Gasteiger partial charge in [0.1, 0.15) is 28.4 Å². The van der Waals surface area contributed by atoms with E-state index in [-0.39, 0.29) is 28.9 Å². The number of para-hydroxylation sites is 2. The van der Waals surface area contributed by atoms with Gasteiger partial charge >= 0.3 is 5.97 Å². The summed E-state index contributed by atoms with van der Waals surface area (Å²) in [5.74, 6) is -1.97. The Hall–Kier alpha value is -4.23. The summed E-state index contributed by atoms with van der Waals surface area (Å²) in [6, 6.07) is 13.0. The number of rotatable bonds is 8. The number of carboxylic acids is 1. The summed E-state index contributed by atoms with van der Waals surface area (Å²) < 4.78 is 5.61. The quantitative estimate of drug-likeness (QED) is 0.202. The Labute approximate surface area is 242 Å². The number of aliphatic carboxylic acids is 1. The number of benzene rings is 2. The van der Waals surface area contributed by atoms with Gasteiger partial charge in [0.2, 0.25) is 11.8 Å². The maximum absolute atomic E-state index is 13.0. The number of phenols is 1. The molecule has 41 heavy (non-hydrogen) atoms. The number of oxazole rings is 1. The zero-order chi connectivity index (χ0) is 28.7. The number of phenolic OH excluding ortho intramolecular Hbond substituents is 1. The molecule has 0 saturated carbocycles. The van der Waals surface area contributed by atoms with Gasteiger partial charge in [-0.05, 0) is 47.9 Å². The van der Waals surface area contributed by atoms with Crippen molar-refractivity contribution in [3.05, 3.63) is 77.0 Å².